The Bertz CT molecular complexity index is 513. The van der Waals surface area contributed by atoms with Gasteiger partial charge in [0.1, 0.15) is 0 Å². The van der Waals surface area contributed by atoms with Crippen molar-refractivity contribution in [2.45, 2.75) is 17.7 Å². The number of thioether (sulfide) groups is 1. The van der Waals surface area contributed by atoms with Crippen LogP contribution in [0.15, 0.2) is 59.5 Å². The molecule has 0 N–H and O–H groups in total. The van der Waals surface area contributed by atoms with Crippen LogP contribution in [0.5, 0.6) is 0 Å². The van der Waals surface area contributed by atoms with Gasteiger partial charge in [0.25, 0.3) is 0 Å². The molecule has 106 valence electrons. The summed E-state index contributed by atoms with van der Waals surface area (Å²) in [4.78, 5) is 1.32. The molecular weight excluding hydrogens is 307 g/mol. The van der Waals surface area contributed by atoms with E-state index in [9.17, 15) is 0 Å². The van der Waals surface area contributed by atoms with Gasteiger partial charge in [0, 0.05) is 15.8 Å². The number of halogens is 2. The van der Waals surface area contributed by atoms with Crippen LogP contribution in [0.25, 0.3) is 0 Å². The van der Waals surface area contributed by atoms with Crippen LogP contribution in [0, 0.1) is 5.92 Å². The Balaban J connectivity index is 1.82. The zero-order chi connectivity index (χ0) is 14.2. The van der Waals surface area contributed by atoms with E-state index >= 15 is 0 Å². The lowest BCUT2D eigenvalue weighted by molar-refractivity contribution is 0.572. The molecule has 2 rings (SSSR count). The molecule has 0 aliphatic heterocycles. The second kappa shape index (κ2) is 8.61. The maximum Gasteiger partial charge on any atom is 0.0438 e. The first-order valence-corrected chi connectivity index (χ1v) is 8.66. The molecule has 0 fully saturated rings. The third kappa shape index (κ3) is 5.05. The van der Waals surface area contributed by atoms with E-state index < -0.39 is 0 Å². The Labute approximate surface area is 135 Å². The van der Waals surface area contributed by atoms with E-state index in [1.165, 1.54) is 10.5 Å². The molecule has 2 aromatic rings. The quantitative estimate of drug-likeness (QED) is 0.450. The van der Waals surface area contributed by atoms with Gasteiger partial charge in [0.2, 0.25) is 0 Å². The molecule has 0 spiro atoms. The summed E-state index contributed by atoms with van der Waals surface area (Å²) in [6, 6.07) is 18.5. The van der Waals surface area contributed by atoms with Gasteiger partial charge in [-0.15, -0.1) is 23.4 Å². The Morgan fingerprint density at radius 2 is 1.65 bits per heavy atom. The Morgan fingerprint density at radius 1 is 0.950 bits per heavy atom. The van der Waals surface area contributed by atoms with Gasteiger partial charge in [-0.1, -0.05) is 48.0 Å². The summed E-state index contributed by atoms with van der Waals surface area (Å²) in [7, 11) is 0. The fourth-order valence-corrected chi connectivity index (χ4v) is 3.58. The van der Waals surface area contributed by atoms with Gasteiger partial charge in [-0.05, 0) is 48.3 Å². The predicted molar refractivity (Wildman–Crippen MR) is 91.1 cm³/mol. The maximum absolute atomic E-state index is 6.21. The third-order valence-electron chi connectivity index (χ3n) is 3.22. The van der Waals surface area contributed by atoms with Crippen LogP contribution in [-0.2, 0) is 6.42 Å². The molecule has 0 radical (unpaired) electrons. The molecule has 2 aromatic carbocycles. The van der Waals surface area contributed by atoms with Crippen LogP contribution in [-0.4, -0.2) is 11.6 Å². The Morgan fingerprint density at radius 3 is 2.35 bits per heavy atom. The van der Waals surface area contributed by atoms with Crippen molar-refractivity contribution >= 4 is 35.0 Å². The van der Waals surface area contributed by atoms with Crippen molar-refractivity contribution in [1.29, 1.82) is 0 Å². The third-order valence-corrected chi connectivity index (χ3v) is 5.07. The monoisotopic (exact) mass is 324 g/mol. The number of hydrogen-bond donors (Lipinski definition) is 0. The van der Waals surface area contributed by atoms with E-state index in [0.717, 1.165) is 23.6 Å². The van der Waals surface area contributed by atoms with Crippen LogP contribution < -0.4 is 0 Å². The molecule has 0 saturated heterocycles. The highest BCUT2D eigenvalue weighted by molar-refractivity contribution is 7.99. The maximum atomic E-state index is 6.21. The van der Waals surface area contributed by atoms with Gasteiger partial charge in [0.15, 0.2) is 0 Å². The first-order chi connectivity index (χ1) is 9.79. The molecule has 0 aromatic heterocycles. The lowest BCUT2D eigenvalue weighted by atomic mass is 9.99. The zero-order valence-corrected chi connectivity index (χ0v) is 13.6. The van der Waals surface area contributed by atoms with E-state index in [-0.39, 0.29) is 0 Å². The minimum absolute atomic E-state index is 0.479. The molecule has 0 aliphatic rings. The molecule has 0 bridgehead atoms. The first kappa shape index (κ1) is 15.8. The largest absolute Gasteiger partial charge is 0.126 e. The fourth-order valence-electron chi connectivity index (χ4n) is 2.07. The standard InChI is InChI=1S/C17H18Cl2S/c18-13-14(12-15-6-4-5-9-17(15)19)10-11-20-16-7-2-1-3-8-16/h1-9,14H,10-13H2. The van der Waals surface area contributed by atoms with Crippen molar-refractivity contribution in [1.82, 2.24) is 0 Å². The molecular formula is C17H18Cl2S. The van der Waals surface area contributed by atoms with Crippen LogP contribution in [0.4, 0.5) is 0 Å². The van der Waals surface area contributed by atoms with E-state index in [1.807, 2.05) is 36.0 Å². The highest BCUT2D eigenvalue weighted by Gasteiger charge is 2.10. The highest BCUT2D eigenvalue weighted by Crippen LogP contribution is 2.24. The van der Waals surface area contributed by atoms with Crippen molar-refractivity contribution < 1.29 is 0 Å². The van der Waals surface area contributed by atoms with E-state index in [2.05, 4.69) is 30.3 Å². The molecule has 0 amide bonds. The van der Waals surface area contributed by atoms with Crippen LogP contribution in [0.1, 0.15) is 12.0 Å². The molecule has 1 atom stereocenters. The lowest BCUT2D eigenvalue weighted by Gasteiger charge is -2.14. The minimum atomic E-state index is 0.479. The number of rotatable bonds is 7. The second-order valence-electron chi connectivity index (χ2n) is 4.77. The van der Waals surface area contributed by atoms with Crippen molar-refractivity contribution in [3.8, 4) is 0 Å². The number of hydrogen-bond acceptors (Lipinski definition) is 1. The summed E-state index contributed by atoms with van der Waals surface area (Å²) in [5.74, 6) is 2.25. The van der Waals surface area contributed by atoms with Crippen LogP contribution in [0.2, 0.25) is 5.02 Å². The molecule has 0 nitrogen and oxygen atoms in total. The highest BCUT2D eigenvalue weighted by atomic mass is 35.5. The van der Waals surface area contributed by atoms with Gasteiger partial charge in [-0.3, -0.25) is 0 Å². The van der Waals surface area contributed by atoms with Gasteiger partial charge in [-0.2, -0.15) is 0 Å². The van der Waals surface area contributed by atoms with Gasteiger partial charge in [0.05, 0.1) is 0 Å². The first-order valence-electron chi connectivity index (χ1n) is 6.77. The topological polar surface area (TPSA) is 0 Å². The molecule has 3 heteroatoms. The lowest BCUT2D eigenvalue weighted by Crippen LogP contribution is -2.08. The number of benzene rings is 2. The van der Waals surface area contributed by atoms with Crippen molar-refractivity contribution in [3.63, 3.8) is 0 Å². The molecule has 0 saturated carbocycles. The Hall–Kier alpha value is -0.630. The summed E-state index contributed by atoms with van der Waals surface area (Å²) in [5.41, 5.74) is 1.20. The summed E-state index contributed by atoms with van der Waals surface area (Å²) in [6.45, 7) is 0. The van der Waals surface area contributed by atoms with E-state index in [4.69, 9.17) is 23.2 Å². The minimum Gasteiger partial charge on any atom is -0.126 e. The van der Waals surface area contributed by atoms with Crippen molar-refractivity contribution in [2.75, 3.05) is 11.6 Å². The molecule has 0 heterocycles. The average Bonchev–Trinajstić information content (AvgIpc) is 2.49. The van der Waals surface area contributed by atoms with Crippen molar-refractivity contribution in [3.05, 3.63) is 65.2 Å². The van der Waals surface area contributed by atoms with Gasteiger partial charge >= 0.3 is 0 Å². The molecule has 1 unspecified atom stereocenters. The normalized spacial score (nSPS) is 12.3. The Kier molecular flexibility index (Phi) is 6.78. The van der Waals surface area contributed by atoms with E-state index in [1.54, 1.807) is 0 Å². The molecule has 20 heavy (non-hydrogen) atoms. The second-order valence-corrected chi connectivity index (χ2v) is 6.65. The van der Waals surface area contributed by atoms with Gasteiger partial charge < -0.3 is 0 Å². The van der Waals surface area contributed by atoms with E-state index in [0.29, 0.717) is 11.8 Å². The molecule has 0 aliphatic carbocycles. The van der Waals surface area contributed by atoms with Gasteiger partial charge in [-0.25, -0.2) is 0 Å². The smallest absolute Gasteiger partial charge is 0.0438 e. The average molecular weight is 325 g/mol. The predicted octanol–water partition coefficient (Wildman–Crippen LogP) is 5.92. The van der Waals surface area contributed by atoms with Crippen LogP contribution >= 0.6 is 35.0 Å². The summed E-state index contributed by atoms with van der Waals surface area (Å²) in [5, 5.41) is 0.846. The summed E-state index contributed by atoms with van der Waals surface area (Å²) >= 11 is 14.2. The van der Waals surface area contributed by atoms with Crippen molar-refractivity contribution in [2.24, 2.45) is 5.92 Å². The summed E-state index contributed by atoms with van der Waals surface area (Å²) < 4.78 is 0. The summed E-state index contributed by atoms with van der Waals surface area (Å²) in [6.07, 6.45) is 2.06. The number of alkyl halides is 1. The fraction of sp³-hybridized carbons (Fsp3) is 0.294. The zero-order valence-electron chi connectivity index (χ0n) is 11.3. The van der Waals surface area contributed by atoms with Crippen LogP contribution in [0.3, 0.4) is 0 Å². The SMILES string of the molecule is ClCC(CCSc1ccccc1)Cc1ccccc1Cl.